The molecule has 0 aliphatic carbocycles. The third kappa shape index (κ3) is 3.92. The Labute approximate surface area is 123 Å². The average molecular weight is 283 g/mol. The van der Waals surface area contributed by atoms with Crippen LogP contribution in [0.15, 0.2) is 54.6 Å². The van der Waals surface area contributed by atoms with Gasteiger partial charge in [0.1, 0.15) is 0 Å². The minimum Gasteiger partial charge on any atom is -0.481 e. The Hall–Kier alpha value is -2.62. The van der Waals surface area contributed by atoms with Gasteiger partial charge in [-0.1, -0.05) is 49.4 Å². The van der Waals surface area contributed by atoms with Crippen LogP contribution in [0.3, 0.4) is 0 Å². The number of carboxylic acids is 1. The van der Waals surface area contributed by atoms with Gasteiger partial charge in [-0.25, -0.2) is 0 Å². The second-order valence-electron chi connectivity index (χ2n) is 4.89. The monoisotopic (exact) mass is 283 g/mol. The first-order valence-electron chi connectivity index (χ1n) is 6.74. The van der Waals surface area contributed by atoms with E-state index in [1.165, 1.54) is 0 Å². The summed E-state index contributed by atoms with van der Waals surface area (Å²) < 4.78 is 0. The predicted octanol–water partition coefficient (Wildman–Crippen LogP) is 2.80. The number of carbonyl (C=O) groups excluding carboxylic acids is 1. The van der Waals surface area contributed by atoms with Gasteiger partial charge in [-0.3, -0.25) is 9.59 Å². The van der Waals surface area contributed by atoms with Crippen molar-refractivity contribution in [3.63, 3.8) is 0 Å². The molecule has 0 heterocycles. The maximum atomic E-state index is 11.9. The van der Waals surface area contributed by atoms with Crippen LogP contribution in [0.2, 0.25) is 0 Å². The van der Waals surface area contributed by atoms with E-state index in [1.54, 1.807) is 19.1 Å². The van der Waals surface area contributed by atoms with Crippen molar-refractivity contribution < 1.29 is 14.7 Å². The van der Waals surface area contributed by atoms with Crippen LogP contribution in [0, 0.1) is 5.92 Å². The quantitative estimate of drug-likeness (QED) is 0.886. The first kappa shape index (κ1) is 14.8. The van der Waals surface area contributed by atoms with Crippen molar-refractivity contribution in [3.8, 4) is 11.1 Å². The number of carbonyl (C=O) groups is 2. The van der Waals surface area contributed by atoms with E-state index in [9.17, 15) is 9.59 Å². The molecule has 1 unspecified atom stereocenters. The molecule has 21 heavy (non-hydrogen) atoms. The summed E-state index contributed by atoms with van der Waals surface area (Å²) in [6.45, 7) is 1.68. The standard InChI is InChI=1S/C17H17NO3/c1-12(17(20)21)11-18-16(19)15-9-7-14(8-10-15)13-5-3-2-4-6-13/h2-10,12H,11H2,1H3,(H,18,19)(H,20,21). The number of hydrogen-bond acceptors (Lipinski definition) is 2. The topological polar surface area (TPSA) is 66.4 Å². The van der Waals surface area contributed by atoms with Crippen LogP contribution in [0.5, 0.6) is 0 Å². The average Bonchev–Trinajstić information content (AvgIpc) is 2.53. The molecule has 2 aromatic rings. The SMILES string of the molecule is CC(CNC(=O)c1ccc(-c2ccccc2)cc1)C(=O)O. The minimum atomic E-state index is -0.922. The smallest absolute Gasteiger partial charge is 0.308 e. The highest BCUT2D eigenvalue weighted by Crippen LogP contribution is 2.19. The lowest BCUT2D eigenvalue weighted by atomic mass is 10.0. The molecule has 0 aliphatic rings. The van der Waals surface area contributed by atoms with Crippen molar-refractivity contribution in [2.45, 2.75) is 6.92 Å². The first-order valence-corrected chi connectivity index (χ1v) is 6.74. The molecule has 4 nitrogen and oxygen atoms in total. The van der Waals surface area contributed by atoms with Gasteiger partial charge < -0.3 is 10.4 Å². The maximum absolute atomic E-state index is 11.9. The fourth-order valence-corrected chi connectivity index (χ4v) is 1.88. The van der Waals surface area contributed by atoms with Gasteiger partial charge >= 0.3 is 5.97 Å². The lowest BCUT2D eigenvalue weighted by molar-refractivity contribution is -0.140. The van der Waals surface area contributed by atoms with Crippen LogP contribution in [-0.4, -0.2) is 23.5 Å². The Morgan fingerprint density at radius 2 is 1.57 bits per heavy atom. The van der Waals surface area contributed by atoms with E-state index in [4.69, 9.17) is 5.11 Å². The summed E-state index contributed by atoms with van der Waals surface area (Å²) in [4.78, 5) is 22.6. The van der Waals surface area contributed by atoms with Crippen molar-refractivity contribution in [2.24, 2.45) is 5.92 Å². The van der Waals surface area contributed by atoms with Crippen LogP contribution in [-0.2, 0) is 4.79 Å². The second-order valence-corrected chi connectivity index (χ2v) is 4.89. The minimum absolute atomic E-state index is 0.120. The van der Waals surface area contributed by atoms with E-state index in [0.717, 1.165) is 11.1 Å². The molecule has 0 saturated heterocycles. The molecular formula is C17H17NO3. The molecule has 2 N–H and O–H groups in total. The van der Waals surface area contributed by atoms with Gasteiger partial charge in [0.15, 0.2) is 0 Å². The zero-order chi connectivity index (χ0) is 15.2. The molecule has 0 saturated carbocycles. The van der Waals surface area contributed by atoms with E-state index in [0.29, 0.717) is 5.56 Å². The number of nitrogens with one attached hydrogen (secondary N) is 1. The summed E-state index contributed by atoms with van der Waals surface area (Å²) in [5.74, 6) is -1.78. The summed E-state index contributed by atoms with van der Waals surface area (Å²) in [5, 5.41) is 11.4. The van der Waals surface area contributed by atoms with Gasteiger partial charge in [-0.05, 0) is 23.3 Å². The zero-order valence-electron chi connectivity index (χ0n) is 11.7. The van der Waals surface area contributed by atoms with Crippen molar-refractivity contribution in [3.05, 3.63) is 60.2 Å². The predicted molar refractivity (Wildman–Crippen MR) is 81.0 cm³/mol. The number of amides is 1. The lowest BCUT2D eigenvalue weighted by Crippen LogP contribution is -2.31. The molecule has 1 amide bonds. The third-order valence-electron chi connectivity index (χ3n) is 3.24. The molecule has 0 spiro atoms. The van der Waals surface area contributed by atoms with Crippen LogP contribution in [0.25, 0.3) is 11.1 Å². The van der Waals surface area contributed by atoms with Crippen molar-refractivity contribution >= 4 is 11.9 Å². The molecule has 108 valence electrons. The molecule has 0 aromatic heterocycles. The molecular weight excluding hydrogens is 266 g/mol. The normalized spacial score (nSPS) is 11.7. The van der Waals surface area contributed by atoms with Crippen LogP contribution in [0.4, 0.5) is 0 Å². The van der Waals surface area contributed by atoms with Gasteiger partial charge in [0.2, 0.25) is 0 Å². The van der Waals surface area contributed by atoms with E-state index in [-0.39, 0.29) is 12.5 Å². The summed E-state index contributed by atoms with van der Waals surface area (Å²) in [6.07, 6.45) is 0. The molecule has 1 atom stereocenters. The number of benzene rings is 2. The fraction of sp³-hybridized carbons (Fsp3) is 0.176. The van der Waals surface area contributed by atoms with Crippen LogP contribution >= 0.6 is 0 Å². The highest BCUT2D eigenvalue weighted by molar-refractivity contribution is 5.94. The maximum Gasteiger partial charge on any atom is 0.308 e. The molecule has 0 bridgehead atoms. The van der Waals surface area contributed by atoms with E-state index < -0.39 is 11.9 Å². The van der Waals surface area contributed by atoms with Gasteiger partial charge in [0.25, 0.3) is 5.91 Å². The Balaban J connectivity index is 2.02. The largest absolute Gasteiger partial charge is 0.481 e. The molecule has 0 fully saturated rings. The van der Waals surface area contributed by atoms with E-state index in [2.05, 4.69) is 5.32 Å². The highest BCUT2D eigenvalue weighted by Gasteiger charge is 2.13. The van der Waals surface area contributed by atoms with Crippen molar-refractivity contribution in [1.29, 1.82) is 0 Å². The van der Waals surface area contributed by atoms with E-state index in [1.807, 2.05) is 42.5 Å². The Morgan fingerprint density at radius 3 is 2.14 bits per heavy atom. The summed E-state index contributed by atoms with van der Waals surface area (Å²) in [6, 6.07) is 17.1. The number of hydrogen-bond donors (Lipinski definition) is 2. The van der Waals surface area contributed by atoms with Gasteiger partial charge in [0.05, 0.1) is 5.92 Å². The summed E-state index contributed by atoms with van der Waals surface area (Å²) in [7, 11) is 0. The molecule has 2 rings (SSSR count). The van der Waals surface area contributed by atoms with Crippen LogP contribution < -0.4 is 5.32 Å². The number of rotatable bonds is 5. The molecule has 0 radical (unpaired) electrons. The number of aliphatic carboxylic acids is 1. The molecule has 2 aromatic carbocycles. The van der Waals surface area contributed by atoms with Gasteiger partial charge in [0, 0.05) is 12.1 Å². The Kier molecular flexibility index (Phi) is 4.72. The zero-order valence-corrected chi connectivity index (χ0v) is 11.7. The Morgan fingerprint density at radius 1 is 1.00 bits per heavy atom. The van der Waals surface area contributed by atoms with Gasteiger partial charge in [-0.2, -0.15) is 0 Å². The van der Waals surface area contributed by atoms with Gasteiger partial charge in [-0.15, -0.1) is 0 Å². The van der Waals surface area contributed by atoms with Crippen LogP contribution in [0.1, 0.15) is 17.3 Å². The third-order valence-corrected chi connectivity index (χ3v) is 3.24. The molecule has 4 heteroatoms. The first-order chi connectivity index (χ1) is 10.1. The lowest BCUT2D eigenvalue weighted by Gasteiger charge is -2.09. The van der Waals surface area contributed by atoms with Crippen molar-refractivity contribution in [2.75, 3.05) is 6.54 Å². The summed E-state index contributed by atoms with van der Waals surface area (Å²) in [5.41, 5.74) is 2.64. The van der Waals surface area contributed by atoms with Crippen molar-refractivity contribution in [1.82, 2.24) is 5.32 Å². The Bertz CT molecular complexity index is 620. The second kappa shape index (κ2) is 6.70. The fourth-order valence-electron chi connectivity index (χ4n) is 1.88. The van der Waals surface area contributed by atoms with E-state index >= 15 is 0 Å². The summed E-state index contributed by atoms with van der Waals surface area (Å²) >= 11 is 0. The number of carboxylic acid groups (broad SMARTS) is 1. The molecule has 0 aliphatic heterocycles. The highest BCUT2D eigenvalue weighted by atomic mass is 16.4.